The first-order valence-electron chi connectivity index (χ1n) is 10.2. The number of aliphatic imine (C=N–C) groups is 1. The van der Waals surface area contributed by atoms with E-state index >= 15 is 0 Å². The molecule has 1 saturated heterocycles. The van der Waals surface area contributed by atoms with Crippen molar-refractivity contribution in [2.24, 2.45) is 22.2 Å². The van der Waals surface area contributed by atoms with E-state index in [1.165, 1.54) is 38.5 Å². The third kappa shape index (κ3) is 3.42. The molecule has 2 saturated carbocycles. The van der Waals surface area contributed by atoms with Gasteiger partial charge in [0.2, 0.25) is 0 Å². The van der Waals surface area contributed by atoms with Gasteiger partial charge in [0.15, 0.2) is 5.96 Å². The van der Waals surface area contributed by atoms with E-state index < -0.39 is 0 Å². The summed E-state index contributed by atoms with van der Waals surface area (Å²) >= 11 is 0. The Kier molecular flexibility index (Phi) is 4.74. The Morgan fingerprint density at radius 2 is 2.16 bits per heavy atom. The average molecular weight is 344 g/mol. The van der Waals surface area contributed by atoms with Gasteiger partial charge in [0.25, 0.3) is 0 Å². The van der Waals surface area contributed by atoms with Gasteiger partial charge in [0.1, 0.15) is 0 Å². The second-order valence-corrected chi connectivity index (χ2v) is 8.45. The van der Waals surface area contributed by atoms with Gasteiger partial charge in [-0.2, -0.15) is 0 Å². The van der Waals surface area contributed by atoms with Crippen LogP contribution in [-0.4, -0.2) is 46.6 Å². The standard InChI is InChI=1S/C20H33N5/c1-3-22-19(23-14-20(8-4-9-20)17-5-6-17)24-11-7-16(2)18(13-24)25-12-10-21-15-25/h10,12,15-18H,3-9,11,13-14H2,1-2H3,(H,22,23). The molecule has 2 unspecified atom stereocenters. The van der Waals surface area contributed by atoms with E-state index in [0.717, 1.165) is 38.1 Å². The lowest BCUT2D eigenvalue weighted by molar-refractivity contribution is 0.112. The Morgan fingerprint density at radius 1 is 1.32 bits per heavy atom. The number of guanidine groups is 1. The van der Waals surface area contributed by atoms with Crippen LogP contribution in [-0.2, 0) is 0 Å². The van der Waals surface area contributed by atoms with Crippen molar-refractivity contribution in [1.82, 2.24) is 19.8 Å². The molecule has 138 valence electrons. The van der Waals surface area contributed by atoms with Crippen molar-refractivity contribution in [3.8, 4) is 0 Å². The summed E-state index contributed by atoms with van der Waals surface area (Å²) in [5.41, 5.74) is 0.549. The van der Waals surface area contributed by atoms with Crippen molar-refractivity contribution in [3.63, 3.8) is 0 Å². The van der Waals surface area contributed by atoms with Gasteiger partial charge in [-0.3, -0.25) is 4.99 Å². The van der Waals surface area contributed by atoms with Crippen LogP contribution in [0.25, 0.3) is 0 Å². The third-order valence-electron chi connectivity index (χ3n) is 6.80. The average Bonchev–Trinajstić information content (AvgIpc) is 3.28. The molecule has 3 fully saturated rings. The zero-order valence-corrected chi connectivity index (χ0v) is 15.8. The van der Waals surface area contributed by atoms with Crippen molar-refractivity contribution >= 4 is 5.96 Å². The lowest BCUT2D eigenvalue weighted by atomic mass is 9.65. The molecule has 1 aromatic rings. The normalized spacial score (nSPS) is 29.4. The van der Waals surface area contributed by atoms with Crippen molar-refractivity contribution in [1.29, 1.82) is 0 Å². The lowest BCUT2D eigenvalue weighted by Gasteiger charge is -2.43. The first-order chi connectivity index (χ1) is 12.2. The van der Waals surface area contributed by atoms with Gasteiger partial charge < -0.3 is 14.8 Å². The molecule has 0 radical (unpaired) electrons. The maximum absolute atomic E-state index is 5.14. The van der Waals surface area contributed by atoms with Gasteiger partial charge in [0.05, 0.1) is 12.4 Å². The molecule has 5 nitrogen and oxygen atoms in total. The molecule has 5 heteroatoms. The number of imidazole rings is 1. The maximum Gasteiger partial charge on any atom is 0.194 e. The van der Waals surface area contributed by atoms with Gasteiger partial charge in [0, 0.05) is 38.6 Å². The molecular weight excluding hydrogens is 310 g/mol. The number of nitrogens with one attached hydrogen (secondary N) is 1. The zero-order valence-electron chi connectivity index (χ0n) is 15.8. The van der Waals surface area contributed by atoms with Crippen LogP contribution in [0, 0.1) is 17.3 Å². The number of hydrogen-bond acceptors (Lipinski definition) is 2. The van der Waals surface area contributed by atoms with Crippen molar-refractivity contribution in [2.75, 3.05) is 26.2 Å². The summed E-state index contributed by atoms with van der Waals surface area (Å²) in [5, 5.41) is 3.56. The van der Waals surface area contributed by atoms with E-state index in [-0.39, 0.29) is 0 Å². The quantitative estimate of drug-likeness (QED) is 0.659. The Bertz CT molecular complexity index is 585. The van der Waals surface area contributed by atoms with Crippen LogP contribution in [0.4, 0.5) is 0 Å². The predicted molar refractivity (Wildman–Crippen MR) is 102 cm³/mol. The largest absolute Gasteiger partial charge is 0.357 e. The number of piperidine rings is 1. The summed E-state index contributed by atoms with van der Waals surface area (Å²) in [5.74, 6) is 2.78. The zero-order chi connectivity index (χ0) is 17.3. The molecule has 25 heavy (non-hydrogen) atoms. The Hall–Kier alpha value is -1.52. The third-order valence-corrected chi connectivity index (χ3v) is 6.80. The number of rotatable bonds is 5. The molecule has 2 aliphatic carbocycles. The van der Waals surface area contributed by atoms with E-state index in [0.29, 0.717) is 17.4 Å². The molecule has 1 N–H and O–H groups in total. The van der Waals surface area contributed by atoms with Gasteiger partial charge >= 0.3 is 0 Å². The summed E-state index contributed by atoms with van der Waals surface area (Å²) in [6.45, 7) is 8.64. The SMILES string of the molecule is CCNC(=NCC1(C2CC2)CCC1)N1CCC(C)C(n2ccnc2)C1. The van der Waals surface area contributed by atoms with Crippen LogP contribution in [0.3, 0.4) is 0 Å². The minimum absolute atomic E-state index is 0.487. The van der Waals surface area contributed by atoms with Crippen molar-refractivity contribution in [3.05, 3.63) is 18.7 Å². The van der Waals surface area contributed by atoms with E-state index in [4.69, 9.17) is 4.99 Å². The molecule has 0 aromatic carbocycles. The van der Waals surface area contributed by atoms with E-state index in [9.17, 15) is 0 Å². The lowest BCUT2D eigenvalue weighted by Crippen LogP contribution is -2.49. The molecule has 1 aliphatic heterocycles. The molecule has 2 heterocycles. The van der Waals surface area contributed by atoms with Gasteiger partial charge in [-0.1, -0.05) is 13.3 Å². The second kappa shape index (κ2) is 7.00. The molecule has 0 bridgehead atoms. The highest BCUT2D eigenvalue weighted by Gasteiger charge is 2.48. The fraction of sp³-hybridized carbons (Fsp3) is 0.800. The summed E-state index contributed by atoms with van der Waals surface area (Å²) < 4.78 is 2.28. The van der Waals surface area contributed by atoms with Crippen LogP contribution in [0.2, 0.25) is 0 Å². The fourth-order valence-corrected chi connectivity index (χ4v) is 4.78. The van der Waals surface area contributed by atoms with Crippen LogP contribution < -0.4 is 5.32 Å². The smallest absolute Gasteiger partial charge is 0.194 e. The van der Waals surface area contributed by atoms with Gasteiger partial charge in [-0.05, 0) is 56.3 Å². The Labute approximate surface area is 151 Å². The maximum atomic E-state index is 5.14. The highest BCUT2D eigenvalue weighted by Crippen LogP contribution is 2.57. The van der Waals surface area contributed by atoms with Crippen LogP contribution >= 0.6 is 0 Å². The summed E-state index contributed by atoms with van der Waals surface area (Å²) in [6, 6.07) is 0.487. The van der Waals surface area contributed by atoms with E-state index in [1.54, 1.807) is 0 Å². The second-order valence-electron chi connectivity index (χ2n) is 8.45. The minimum Gasteiger partial charge on any atom is -0.357 e. The Balaban J connectivity index is 1.47. The summed E-state index contributed by atoms with van der Waals surface area (Å²) in [7, 11) is 0. The van der Waals surface area contributed by atoms with E-state index in [1.807, 2.05) is 12.5 Å². The molecule has 3 aliphatic rings. The van der Waals surface area contributed by atoms with E-state index in [2.05, 4.69) is 39.8 Å². The summed E-state index contributed by atoms with van der Waals surface area (Å²) in [6.07, 6.45) is 14.3. The van der Waals surface area contributed by atoms with Crippen LogP contribution in [0.1, 0.15) is 58.4 Å². The van der Waals surface area contributed by atoms with Crippen LogP contribution in [0.5, 0.6) is 0 Å². The highest BCUT2D eigenvalue weighted by molar-refractivity contribution is 5.80. The molecule has 0 amide bonds. The molecule has 2 atom stereocenters. The monoisotopic (exact) mass is 343 g/mol. The van der Waals surface area contributed by atoms with Gasteiger partial charge in [-0.15, -0.1) is 0 Å². The van der Waals surface area contributed by atoms with Gasteiger partial charge in [-0.25, -0.2) is 4.98 Å². The first kappa shape index (κ1) is 16.9. The Morgan fingerprint density at radius 3 is 2.76 bits per heavy atom. The fourth-order valence-electron chi connectivity index (χ4n) is 4.78. The number of aromatic nitrogens is 2. The van der Waals surface area contributed by atoms with Crippen LogP contribution in [0.15, 0.2) is 23.7 Å². The van der Waals surface area contributed by atoms with Crippen molar-refractivity contribution in [2.45, 2.75) is 58.4 Å². The topological polar surface area (TPSA) is 45.5 Å². The number of nitrogens with zero attached hydrogens (tertiary/aromatic N) is 4. The predicted octanol–water partition coefficient (Wildman–Crippen LogP) is 3.31. The van der Waals surface area contributed by atoms with Crippen molar-refractivity contribution < 1.29 is 0 Å². The summed E-state index contributed by atoms with van der Waals surface area (Å²) in [4.78, 5) is 11.9. The number of hydrogen-bond donors (Lipinski definition) is 1. The molecule has 1 aromatic heterocycles. The molecule has 4 rings (SSSR count). The number of likely N-dealkylation sites (tertiary alicyclic amines) is 1. The molecule has 0 spiro atoms. The minimum atomic E-state index is 0.487. The first-order valence-corrected chi connectivity index (χ1v) is 10.2. The molecular formula is C20H33N5. The highest BCUT2D eigenvalue weighted by atomic mass is 15.3.